The number of amides is 1. The van der Waals surface area contributed by atoms with Gasteiger partial charge in [0.2, 0.25) is 5.91 Å². The van der Waals surface area contributed by atoms with E-state index in [4.69, 9.17) is 15.2 Å². The van der Waals surface area contributed by atoms with Gasteiger partial charge in [0.15, 0.2) is 0 Å². The Morgan fingerprint density at radius 2 is 2.09 bits per heavy atom. The predicted molar refractivity (Wildman–Crippen MR) is 81.2 cm³/mol. The lowest BCUT2D eigenvalue weighted by Crippen LogP contribution is -2.48. The maximum absolute atomic E-state index is 12.3. The Morgan fingerprint density at radius 1 is 1.27 bits per heavy atom. The van der Waals surface area contributed by atoms with Crippen molar-refractivity contribution in [2.24, 2.45) is 0 Å². The molecule has 1 atom stereocenters. The third-order valence-electron chi connectivity index (χ3n) is 4.00. The van der Waals surface area contributed by atoms with Crippen molar-refractivity contribution in [3.63, 3.8) is 0 Å². The zero-order valence-electron chi connectivity index (χ0n) is 12.6. The third kappa shape index (κ3) is 3.73. The van der Waals surface area contributed by atoms with Gasteiger partial charge in [0, 0.05) is 26.2 Å². The molecule has 7 nitrogen and oxygen atoms in total. The maximum Gasteiger partial charge on any atom is 0.236 e. The molecule has 0 bridgehead atoms. The molecule has 0 saturated carbocycles. The zero-order chi connectivity index (χ0) is 15.4. The first-order valence-electron chi connectivity index (χ1n) is 7.64. The highest BCUT2D eigenvalue weighted by Gasteiger charge is 2.26. The number of aromatic nitrogens is 1. The summed E-state index contributed by atoms with van der Waals surface area (Å²) in [5, 5.41) is 0. The second kappa shape index (κ2) is 7.04. The van der Waals surface area contributed by atoms with Crippen molar-refractivity contribution >= 4 is 11.7 Å². The number of nitrogens with zero attached hydrogens (tertiary/aromatic N) is 3. The maximum atomic E-state index is 12.3. The summed E-state index contributed by atoms with van der Waals surface area (Å²) in [6.45, 7) is 5.06. The van der Waals surface area contributed by atoms with Gasteiger partial charge in [0.1, 0.15) is 11.9 Å². The van der Waals surface area contributed by atoms with Crippen LogP contribution in [0.2, 0.25) is 0 Å². The Morgan fingerprint density at radius 3 is 2.86 bits per heavy atom. The zero-order valence-corrected chi connectivity index (χ0v) is 12.6. The van der Waals surface area contributed by atoms with Crippen LogP contribution in [0.3, 0.4) is 0 Å². The van der Waals surface area contributed by atoms with Gasteiger partial charge in [-0.25, -0.2) is 4.98 Å². The predicted octanol–water partition coefficient (Wildman–Crippen LogP) is -0.104. The highest BCUT2D eigenvalue weighted by Crippen LogP contribution is 2.21. The van der Waals surface area contributed by atoms with Gasteiger partial charge in [-0.1, -0.05) is 6.07 Å². The molecule has 0 aromatic carbocycles. The van der Waals surface area contributed by atoms with Crippen molar-refractivity contribution in [3.05, 3.63) is 23.9 Å². The van der Waals surface area contributed by atoms with Crippen LogP contribution in [0, 0.1) is 0 Å². The van der Waals surface area contributed by atoms with E-state index >= 15 is 0 Å². The molecule has 2 fully saturated rings. The summed E-state index contributed by atoms with van der Waals surface area (Å²) < 4.78 is 11.1. The van der Waals surface area contributed by atoms with Crippen molar-refractivity contribution in [3.8, 4) is 0 Å². The summed E-state index contributed by atoms with van der Waals surface area (Å²) in [7, 11) is 0. The number of morpholine rings is 2. The summed E-state index contributed by atoms with van der Waals surface area (Å²) in [4.78, 5) is 20.6. The van der Waals surface area contributed by atoms with Crippen molar-refractivity contribution in [2.75, 3.05) is 58.3 Å². The van der Waals surface area contributed by atoms with E-state index in [1.54, 1.807) is 6.07 Å². The lowest BCUT2D eigenvalue weighted by Gasteiger charge is -2.34. The molecule has 0 spiro atoms. The Balaban J connectivity index is 1.57. The molecule has 0 radical (unpaired) electrons. The fourth-order valence-corrected chi connectivity index (χ4v) is 2.78. The van der Waals surface area contributed by atoms with Gasteiger partial charge < -0.3 is 20.1 Å². The van der Waals surface area contributed by atoms with Crippen LogP contribution in [0.5, 0.6) is 0 Å². The molecular weight excluding hydrogens is 284 g/mol. The van der Waals surface area contributed by atoms with E-state index in [0.29, 0.717) is 51.8 Å². The Bertz CT molecular complexity index is 519. The summed E-state index contributed by atoms with van der Waals surface area (Å²) in [6, 6.07) is 5.54. The summed E-state index contributed by atoms with van der Waals surface area (Å²) >= 11 is 0. The average molecular weight is 306 g/mol. The average Bonchev–Trinajstić information content (AvgIpc) is 2.56. The van der Waals surface area contributed by atoms with E-state index < -0.39 is 0 Å². The first-order chi connectivity index (χ1) is 10.7. The number of carbonyl (C=O) groups is 1. The Kier molecular flexibility index (Phi) is 4.87. The molecule has 2 aliphatic heterocycles. The van der Waals surface area contributed by atoms with E-state index in [1.165, 1.54) is 0 Å². The molecule has 3 rings (SSSR count). The molecular formula is C15H22N4O3. The first-order valence-corrected chi connectivity index (χ1v) is 7.64. The summed E-state index contributed by atoms with van der Waals surface area (Å²) in [5.74, 6) is 0.645. The molecule has 2 saturated heterocycles. The van der Waals surface area contributed by atoms with Crippen LogP contribution >= 0.6 is 0 Å². The molecule has 3 heterocycles. The number of nitrogen functional groups attached to an aromatic ring is 1. The van der Waals surface area contributed by atoms with E-state index in [9.17, 15) is 4.79 Å². The van der Waals surface area contributed by atoms with Gasteiger partial charge in [-0.05, 0) is 12.1 Å². The van der Waals surface area contributed by atoms with Crippen LogP contribution in [0.1, 0.15) is 11.8 Å². The smallest absolute Gasteiger partial charge is 0.236 e. The van der Waals surface area contributed by atoms with E-state index in [-0.39, 0.29) is 12.0 Å². The molecule has 120 valence electrons. The number of rotatable bonds is 3. The number of nitrogens with two attached hydrogens (primary N) is 1. The van der Waals surface area contributed by atoms with Crippen LogP contribution in [-0.4, -0.2) is 73.2 Å². The van der Waals surface area contributed by atoms with Gasteiger partial charge in [0.05, 0.1) is 32.1 Å². The second-order valence-corrected chi connectivity index (χ2v) is 5.58. The minimum Gasteiger partial charge on any atom is -0.384 e. The van der Waals surface area contributed by atoms with Gasteiger partial charge in [-0.15, -0.1) is 0 Å². The van der Waals surface area contributed by atoms with Gasteiger partial charge in [-0.2, -0.15) is 0 Å². The Hall–Kier alpha value is -1.70. The van der Waals surface area contributed by atoms with Gasteiger partial charge in [-0.3, -0.25) is 9.69 Å². The molecule has 0 aliphatic carbocycles. The van der Waals surface area contributed by atoms with Gasteiger partial charge in [0.25, 0.3) is 0 Å². The van der Waals surface area contributed by atoms with Crippen molar-refractivity contribution in [1.82, 2.24) is 14.8 Å². The molecule has 22 heavy (non-hydrogen) atoms. The quantitative estimate of drug-likeness (QED) is 0.839. The largest absolute Gasteiger partial charge is 0.384 e. The van der Waals surface area contributed by atoms with Gasteiger partial charge >= 0.3 is 0 Å². The number of ether oxygens (including phenoxy) is 2. The second-order valence-electron chi connectivity index (χ2n) is 5.58. The molecule has 1 unspecified atom stereocenters. The minimum atomic E-state index is -0.130. The topological polar surface area (TPSA) is 80.9 Å². The normalized spacial score (nSPS) is 23.5. The fourth-order valence-electron chi connectivity index (χ4n) is 2.78. The van der Waals surface area contributed by atoms with E-state index in [0.717, 1.165) is 12.2 Å². The molecule has 1 aromatic rings. The number of carbonyl (C=O) groups excluding carboxylic acids is 1. The SMILES string of the molecule is Nc1cccc(C2CN(CC(=O)N3CCOCC3)CCO2)n1. The number of hydrogen-bond acceptors (Lipinski definition) is 6. The molecule has 2 aliphatic rings. The van der Waals surface area contributed by atoms with Crippen molar-refractivity contribution in [2.45, 2.75) is 6.10 Å². The van der Waals surface area contributed by atoms with Crippen molar-refractivity contribution < 1.29 is 14.3 Å². The van der Waals surface area contributed by atoms with E-state index in [1.807, 2.05) is 17.0 Å². The highest BCUT2D eigenvalue weighted by atomic mass is 16.5. The lowest BCUT2D eigenvalue weighted by atomic mass is 10.2. The Labute approximate surface area is 130 Å². The summed E-state index contributed by atoms with van der Waals surface area (Å²) in [6.07, 6.45) is -0.130. The first kappa shape index (κ1) is 15.2. The molecule has 7 heteroatoms. The molecule has 1 amide bonds. The standard InChI is InChI=1S/C15H22N4O3/c16-14-3-1-2-12(17-14)13-10-18(4-9-22-13)11-15(20)19-5-7-21-8-6-19/h1-3,13H,4-11H2,(H2,16,17). The van der Waals surface area contributed by atoms with Crippen LogP contribution in [0.4, 0.5) is 5.82 Å². The van der Waals surface area contributed by atoms with Crippen LogP contribution in [0.15, 0.2) is 18.2 Å². The monoisotopic (exact) mass is 306 g/mol. The lowest BCUT2D eigenvalue weighted by molar-refractivity contribution is -0.138. The van der Waals surface area contributed by atoms with Crippen LogP contribution in [0.25, 0.3) is 0 Å². The molecule has 2 N–H and O–H groups in total. The van der Waals surface area contributed by atoms with Crippen molar-refractivity contribution in [1.29, 1.82) is 0 Å². The number of pyridine rings is 1. The van der Waals surface area contributed by atoms with Crippen LogP contribution in [-0.2, 0) is 14.3 Å². The third-order valence-corrected chi connectivity index (χ3v) is 4.00. The summed E-state index contributed by atoms with van der Waals surface area (Å²) in [5.41, 5.74) is 6.55. The number of anilines is 1. The van der Waals surface area contributed by atoms with Crippen LogP contribution < -0.4 is 5.73 Å². The number of hydrogen-bond donors (Lipinski definition) is 1. The fraction of sp³-hybridized carbons (Fsp3) is 0.600. The highest BCUT2D eigenvalue weighted by molar-refractivity contribution is 5.78. The van der Waals surface area contributed by atoms with E-state index in [2.05, 4.69) is 9.88 Å². The minimum absolute atomic E-state index is 0.130. The molecule has 1 aromatic heterocycles.